The molecule has 0 saturated heterocycles. The van der Waals surface area contributed by atoms with Crippen molar-refractivity contribution >= 4 is 0 Å². The third-order valence-corrected chi connectivity index (χ3v) is 5.50. The fraction of sp³-hybridized carbons (Fsp3) is 0.250. The van der Waals surface area contributed by atoms with E-state index in [2.05, 4.69) is 96.3 Å². The molecule has 0 heterocycles. The van der Waals surface area contributed by atoms with Crippen LogP contribution >= 0.6 is 0 Å². The van der Waals surface area contributed by atoms with Gasteiger partial charge in [-0.1, -0.05) is 91.0 Å². The number of nitrogens with one attached hydrogen (secondary N) is 1. The highest BCUT2D eigenvalue weighted by molar-refractivity contribution is 5.49. The van der Waals surface area contributed by atoms with Gasteiger partial charge < -0.3 is 5.11 Å². The predicted octanol–water partition coefficient (Wildman–Crippen LogP) is 4.48. The third-order valence-electron chi connectivity index (χ3n) is 5.50. The van der Waals surface area contributed by atoms with E-state index in [1.165, 1.54) is 16.7 Å². The van der Waals surface area contributed by atoms with Crippen molar-refractivity contribution in [1.29, 1.82) is 0 Å². The molecule has 0 spiro atoms. The van der Waals surface area contributed by atoms with E-state index < -0.39 is 5.54 Å². The third kappa shape index (κ3) is 3.07. The molecule has 0 aliphatic heterocycles. The van der Waals surface area contributed by atoms with Crippen molar-refractivity contribution in [3.05, 3.63) is 108 Å². The molecule has 2 nitrogen and oxygen atoms in total. The summed E-state index contributed by atoms with van der Waals surface area (Å²) in [6.45, 7) is 0. The second kappa shape index (κ2) is 7.45. The van der Waals surface area contributed by atoms with Gasteiger partial charge in [0.2, 0.25) is 0 Å². The van der Waals surface area contributed by atoms with Crippen LogP contribution in [-0.2, 0) is 5.54 Å². The van der Waals surface area contributed by atoms with Crippen LogP contribution in [0.3, 0.4) is 0 Å². The summed E-state index contributed by atoms with van der Waals surface area (Å²) in [6.07, 6.45) is 2.62. The quantitative estimate of drug-likeness (QED) is 0.670. The Bertz CT molecular complexity index is 720. The molecule has 1 aliphatic carbocycles. The number of hydrogen-bond acceptors (Lipinski definition) is 2. The van der Waals surface area contributed by atoms with Gasteiger partial charge in [0.25, 0.3) is 0 Å². The predicted molar refractivity (Wildman–Crippen MR) is 106 cm³/mol. The van der Waals surface area contributed by atoms with E-state index in [4.69, 9.17) is 0 Å². The summed E-state index contributed by atoms with van der Waals surface area (Å²) in [6, 6.07) is 31.8. The molecule has 0 bridgehead atoms. The van der Waals surface area contributed by atoms with Gasteiger partial charge in [-0.2, -0.15) is 0 Å². The van der Waals surface area contributed by atoms with Crippen LogP contribution in [0.2, 0.25) is 0 Å². The molecule has 2 heteroatoms. The minimum absolute atomic E-state index is 0.0793. The summed E-state index contributed by atoms with van der Waals surface area (Å²) >= 11 is 0. The monoisotopic (exact) mass is 343 g/mol. The molecule has 3 aromatic carbocycles. The molecular formula is C24H25NO. The maximum absolute atomic E-state index is 10.5. The van der Waals surface area contributed by atoms with E-state index in [0.717, 1.165) is 19.3 Å². The van der Waals surface area contributed by atoms with Crippen LogP contribution in [0.1, 0.15) is 36.0 Å². The van der Waals surface area contributed by atoms with Crippen molar-refractivity contribution in [2.45, 2.75) is 36.9 Å². The normalized spacial score (nSPS) is 20.2. The Morgan fingerprint density at radius 2 is 1.08 bits per heavy atom. The SMILES string of the molecule is O[C@@H]1CCC[C@H]1NC(c1ccccc1)(c1ccccc1)c1ccccc1. The molecule has 26 heavy (non-hydrogen) atoms. The first-order valence-corrected chi connectivity index (χ1v) is 9.43. The molecule has 1 saturated carbocycles. The Morgan fingerprint density at radius 1 is 0.654 bits per heavy atom. The topological polar surface area (TPSA) is 32.3 Å². The number of rotatable bonds is 5. The largest absolute Gasteiger partial charge is 0.392 e. The lowest BCUT2D eigenvalue weighted by atomic mass is 9.76. The standard InChI is InChI=1S/C24H25NO/c26-23-18-10-17-22(23)25-24(19-11-4-1-5-12-19,20-13-6-2-7-14-20)21-15-8-3-9-16-21/h1-9,11-16,22-23,25-26H,10,17-18H2/t22-,23-/m1/s1. The van der Waals surface area contributed by atoms with Crippen molar-refractivity contribution in [2.75, 3.05) is 0 Å². The van der Waals surface area contributed by atoms with E-state index in [1.54, 1.807) is 0 Å². The lowest BCUT2D eigenvalue weighted by molar-refractivity contribution is 0.138. The fourth-order valence-corrected chi connectivity index (χ4v) is 4.20. The number of aliphatic hydroxyl groups is 1. The van der Waals surface area contributed by atoms with Crippen LogP contribution in [0.4, 0.5) is 0 Å². The highest BCUT2D eigenvalue weighted by atomic mass is 16.3. The van der Waals surface area contributed by atoms with Gasteiger partial charge in [0, 0.05) is 6.04 Å². The summed E-state index contributed by atoms with van der Waals surface area (Å²) in [5.74, 6) is 0. The minimum atomic E-state index is -0.486. The zero-order chi connectivity index (χ0) is 17.8. The van der Waals surface area contributed by atoms with Gasteiger partial charge in [-0.05, 0) is 36.0 Å². The van der Waals surface area contributed by atoms with E-state index in [-0.39, 0.29) is 12.1 Å². The number of benzene rings is 3. The highest BCUT2D eigenvalue weighted by Crippen LogP contribution is 2.38. The minimum Gasteiger partial charge on any atom is -0.392 e. The molecule has 2 atom stereocenters. The van der Waals surface area contributed by atoms with Crippen molar-refractivity contribution in [3.8, 4) is 0 Å². The first-order chi connectivity index (χ1) is 12.8. The van der Waals surface area contributed by atoms with Crippen molar-refractivity contribution in [3.63, 3.8) is 0 Å². The highest BCUT2D eigenvalue weighted by Gasteiger charge is 2.40. The molecule has 4 rings (SSSR count). The number of aliphatic hydroxyl groups excluding tert-OH is 1. The van der Waals surface area contributed by atoms with Crippen LogP contribution in [-0.4, -0.2) is 17.3 Å². The van der Waals surface area contributed by atoms with Gasteiger partial charge >= 0.3 is 0 Å². The van der Waals surface area contributed by atoms with Crippen molar-refractivity contribution in [2.24, 2.45) is 0 Å². The molecular weight excluding hydrogens is 318 g/mol. The molecule has 0 radical (unpaired) electrons. The van der Waals surface area contributed by atoms with E-state index in [0.29, 0.717) is 0 Å². The lowest BCUT2D eigenvalue weighted by Crippen LogP contribution is -2.52. The summed E-state index contributed by atoms with van der Waals surface area (Å²) in [5.41, 5.74) is 3.09. The average Bonchev–Trinajstić information content (AvgIpc) is 3.12. The smallest absolute Gasteiger partial charge is 0.0950 e. The molecule has 0 aromatic heterocycles. The summed E-state index contributed by atoms with van der Waals surface area (Å²) in [4.78, 5) is 0. The van der Waals surface area contributed by atoms with Crippen molar-refractivity contribution in [1.82, 2.24) is 5.32 Å². The Morgan fingerprint density at radius 3 is 1.42 bits per heavy atom. The molecule has 132 valence electrons. The van der Waals surface area contributed by atoms with Crippen LogP contribution in [0, 0.1) is 0 Å². The zero-order valence-corrected chi connectivity index (χ0v) is 14.9. The van der Waals surface area contributed by atoms with E-state index in [1.807, 2.05) is 0 Å². The summed E-state index contributed by atoms with van der Waals surface area (Å²) < 4.78 is 0. The average molecular weight is 343 g/mol. The molecule has 3 aromatic rings. The maximum Gasteiger partial charge on any atom is 0.0950 e. The van der Waals surface area contributed by atoms with Gasteiger partial charge in [0.15, 0.2) is 0 Å². The first kappa shape index (κ1) is 17.0. The first-order valence-electron chi connectivity index (χ1n) is 9.43. The van der Waals surface area contributed by atoms with Crippen LogP contribution < -0.4 is 5.32 Å². The molecule has 0 unspecified atom stereocenters. The Hall–Kier alpha value is -2.42. The van der Waals surface area contributed by atoms with Gasteiger partial charge in [0.1, 0.15) is 0 Å². The van der Waals surface area contributed by atoms with Crippen LogP contribution in [0.5, 0.6) is 0 Å². The molecule has 2 N–H and O–H groups in total. The number of hydrogen-bond donors (Lipinski definition) is 2. The Kier molecular flexibility index (Phi) is 4.87. The molecule has 0 amide bonds. The molecule has 1 fully saturated rings. The zero-order valence-electron chi connectivity index (χ0n) is 14.9. The van der Waals surface area contributed by atoms with Gasteiger partial charge in [-0.3, -0.25) is 5.32 Å². The van der Waals surface area contributed by atoms with Gasteiger partial charge in [0.05, 0.1) is 11.6 Å². The Labute approximate surface area is 155 Å². The summed E-state index contributed by atoms with van der Waals surface area (Å²) in [7, 11) is 0. The fourth-order valence-electron chi connectivity index (χ4n) is 4.20. The Balaban J connectivity index is 1.94. The van der Waals surface area contributed by atoms with E-state index in [9.17, 15) is 5.11 Å². The van der Waals surface area contributed by atoms with E-state index >= 15 is 0 Å². The van der Waals surface area contributed by atoms with Crippen molar-refractivity contribution < 1.29 is 5.11 Å². The second-order valence-electron chi connectivity index (χ2n) is 7.10. The summed E-state index contributed by atoms with van der Waals surface area (Å²) in [5, 5.41) is 14.4. The van der Waals surface area contributed by atoms with Crippen LogP contribution in [0.25, 0.3) is 0 Å². The second-order valence-corrected chi connectivity index (χ2v) is 7.10. The van der Waals surface area contributed by atoms with Crippen LogP contribution in [0.15, 0.2) is 91.0 Å². The van der Waals surface area contributed by atoms with Gasteiger partial charge in [-0.25, -0.2) is 0 Å². The molecule has 1 aliphatic rings. The lowest BCUT2D eigenvalue weighted by Gasteiger charge is -2.40. The van der Waals surface area contributed by atoms with Gasteiger partial charge in [-0.15, -0.1) is 0 Å². The maximum atomic E-state index is 10.5.